The lowest BCUT2D eigenvalue weighted by Gasteiger charge is -2.26. The molecule has 0 saturated carbocycles. The Morgan fingerprint density at radius 3 is 2.66 bits per heavy atom. The lowest BCUT2D eigenvalue weighted by molar-refractivity contribution is -0.132. The van der Waals surface area contributed by atoms with Gasteiger partial charge in [-0.25, -0.2) is 18.6 Å². The quantitative estimate of drug-likeness (QED) is 0.557. The summed E-state index contributed by atoms with van der Waals surface area (Å²) >= 11 is 0. The molecular formula is C23H24F2N4O3. The molecule has 9 heteroatoms. The SMILES string of the molecule is CN(C(=O)CCc1cccc(F)c1)[C@@H](CN)COC(=O)Nc1cc2cc(F)ccc2cn1. The third kappa shape index (κ3) is 6.21. The molecule has 0 fully saturated rings. The van der Waals surface area contributed by atoms with Crippen LogP contribution in [0.25, 0.3) is 10.8 Å². The molecule has 32 heavy (non-hydrogen) atoms. The highest BCUT2D eigenvalue weighted by Gasteiger charge is 2.20. The van der Waals surface area contributed by atoms with E-state index in [1.54, 1.807) is 25.2 Å². The Hall–Kier alpha value is -3.59. The van der Waals surface area contributed by atoms with Crippen LogP contribution in [-0.2, 0) is 16.0 Å². The summed E-state index contributed by atoms with van der Waals surface area (Å²) in [6.07, 6.45) is 1.29. The fourth-order valence-corrected chi connectivity index (χ4v) is 3.15. The van der Waals surface area contributed by atoms with Crippen LogP contribution in [0.4, 0.5) is 19.4 Å². The van der Waals surface area contributed by atoms with Crippen LogP contribution in [0.1, 0.15) is 12.0 Å². The molecule has 0 unspecified atom stereocenters. The monoisotopic (exact) mass is 442 g/mol. The van der Waals surface area contributed by atoms with Crippen molar-refractivity contribution >= 4 is 28.6 Å². The van der Waals surface area contributed by atoms with Gasteiger partial charge >= 0.3 is 6.09 Å². The van der Waals surface area contributed by atoms with Crippen molar-refractivity contribution in [3.63, 3.8) is 0 Å². The Bertz CT molecular complexity index is 1110. The number of nitrogens with two attached hydrogens (primary N) is 1. The smallest absolute Gasteiger partial charge is 0.412 e. The first-order valence-electron chi connectivity index (χ1n) is 10.0. The maximum atomic E-state index is 13.4. The van der Waals surface area contributed by atoms with E-state index in [1.165, 1.54) is 41.4 Å². The highest BCUT2D eigenvalue weighted by molar-refractivity contribution is 5.89. The van der Waals surface area contributed by atoms with Crippen LogP contribution < -0.4 is 11.1 Å². The molecule has 0 saturated heterocycles. The second-order valence-electron chi connectivity index (χ2n) is 7.31. The number of carbonyl (C=O) groups is 2. The predicted molar refractivity (Wildman–Crippen MR) is 117 cm³/mol. The Morgan fingerprint density at radius 1 is 1.12 bits per heavy atom. The lowest BCUT2D eigenvalue weighted by Crippen LogP contribution is -2.45. The Kier molecular flexibility index (Phi) is 7.67. The number of aryl methyl sites for hydroxylation is 1. The zero-order valence-corrected chi connectivity index (χ0v) is 17.6. The number of benzene rings is 2. The van der Waals surface area contributed by atoms with Gasteiger partial charge in [-0.2, -0.15) is 0 Å². The number of nitrogens with one attached hydrogen (secondary N) is 1. The van der Waals surface area contributed by atoms with Crippen molar-refractivity contribution in [3.8, 4) is 0 Å². The Labute approximate surface area is 184 Å². The number of ether oxygens (including phenoxy) is 1. The first kappa shape index (κ1) is 23.1. The van der Waals surface area contributed by atoms with Crippen LogP contribution in [0.15, 0.2) is 54.7 Å². The molecule has 0 aliphatic heterocycles. The van der Waals surface area contributed by atoms with Gasteiger partial charge in [0.1, 0.15) is 24.1 Å². The Balaban J connectivity index is 1.51. The highest BCUT2D eigenvalue weighted by atomic mass is 19.1. The number of anilines is 1. The summed E-state index contributed by atoms with van der Waals surface area (Å²) in [6, 6.07) is 11.3. The van der Waals surface area contributed by atoms with E-state index in [2.05, 4.69) is 10.3 Å². The molecule has 7 nitrogen and oxygen atoms in total. The molecular weight excluding hydrogens is 418 g/mol. The third-order valence-electron chi connectivity index (χ3n) is 5.05. The predicted octanol–water partition coefficient (Wildman–Crippen LogP) is 3.48. The molecule has 0 aliphatic rings. The van der Waals surface area contributed by atoms with E-state index < -0.39 is 18.0 Å². The van der Waals surface area contributed by atoms with Gasteiger partial charge in [-0.3, -0.25) is 10.1 Å². The molecule has 1 atom stereocenters. The number of pyridine rings is 1. The maximum Gasteiger partial charge on any atom is 0.412 e. The number of halogens is 2. The molecule has 1 aromatic heterocycles. The lowest BCUT2D eigenvalue weighted by atomic mass is 10.1. The molecule has 3 aromatic rings. The van der Waals surface area contributed by atoms with Crippen LogP contribution in [0.2, 0.25) is 0 Å². The fourth-order valence-electron chi connectivity index (χ4n) is 3.15. The van der Waals surface area contributed by atoms with Gasteiger partial charge in [0.15, 0.2) is 0 Å². The number of likely N-dealkylation sites (N-methyl/N-ethyl adjacent to an activating group) is 1. The summed E-state index contributed by atoms with van der Waals surface area (Å²) in [4.78, 5) is 30.1. The molecule has 3 rings (SSSR count). The number of aromatic nitrogens is 1. The van der Waals surface area contributed by atoms with Crippen molar-refractivity contribution < 1.29 is 23.1 Å². The van der Waals surface area contributed by atoms with E-state index in [4.69, 9.17) is 10.5 Å². The van der Waals surface area contributed by atoms with Gasteiger partial charge in [-0.1, -0.05) is 12.1 Å². The number of hydrogen-bond donors (Lipinski definition) is 2. The molecule has 3 N–H and O–H groups in total. The number of rotatable bonds is 8. The number of fused-ring (bicyclic) bond motifs is 1. The first-order chi connectivity index (χ1) is 15.4. The first-order valence-corrected chi connectivity index (χ1v) is 10.0. The van der Waals surface area contributed by atoms with Crippen LogP contribution in [0.3, 0.4) is 0 Å². The molecule has 0 aliphatic carbocycles. The van der Waals surface area contributed by atoms with Crippen LogP contribution >= 0.6 is 0 Å². The summed E-state index contributed by atoms with van der Waals surface area (Å²) in [5.74, 6) is -0.745. The molecule has 0 bridgehead atoms. The van der Waals surface area contributed by atoms with E-state index in [-0.39, 0.29) is 37.1 Å². The average molecular weight is 442 g/mol. The largest absolute Gasteiger partial charge is 0.447 e. The summed E-state index contributed by atoms with van der Waals surface area (Å²) in [6.45, 7) is -0.0320. The van der Waals surface area contributed by atoms with Gasteiger partial charge in [0, 0.05) is 31.6 Å². The van der Waals surface area contributed by atoms with E-state index in [0.29, 0.717) is 11.8 Å². The van der Waals surface area contributed by atoms with Crippen molar-refractivity contribution in [2.75, 3.05) is 25.5 Å². The molecule has 168 valence electrons. The molecule has 2 amide bonds. The van der Waals surface area contributed by atoms with Crippen LogP contribution in [0, 0.1) is 11.6 Å². The topological polar surface area (TPSA) is 97.5 Å². The third-order valence-corrected chi connectivity index (χ3v) is 5.05. The Morgan fingerprint density at radius 2 is 1.91 bits per heavy atom. The zero-order valence-electron chi connectivity index (χ0n) is 17.6. The van der Waals surface area contributed by atoms with Gasteiger partial charge in [0.05, 0.1) is 6.04 Å². The van der Waals surface area contributed by atoms with Gasteiger partial charge in [-0.05, 0) is 53.8 Å². The van der Waals surface area contributed by atoms with Crippen molar-refractivity contribution in [2.24, 2.45) is 5.73 Å². The normalized spacial score (nSPS) is 11.8. The minimum Gasteiger partial charge on any atom is -0.447 e. The molecule has 0 spiro atoms. The van der Waals surface area contributed by atoms with Crippen molar-refractivity contribution in [2.45, 2.75) is 18.9 Å². The second-order valence-corrected chi connectivity index (χ2v) is 7.31. The second kappa shape index (κ2) is 10.6. The standard InChI is InChI=1S/C23H24F2N4O3/c1-29(22(30)8-5-15-3-2-4-18(24)9-15)20(12-26)14-32-23(31)28-21-11-17-10-19(25)7-6-16(17)13-27-21/h2-4,6-7,9-11,13,20H,5,8,12,14,26H2,1H3,(H,27,28,31)/t20-/m0/s1. The summed E-state index contributed by atoms with van der Waals surface area (Å²) in [5, 5.41) is 3.79. The number of amides is 2. The number of hydrogen-bond acceptors (Lipinski definition) is 5. The van der Waals surface area contributed by atoms with Crippen LogP contribution in [-0.4, -0.2) is 48.1 Å². The molecule has 0 radical (unpaired) electrons. The zero-order chi connectivity index (χ0) is 23.1. The van der Waals surface area contributed by atoms with E-state index in [9.17, 15) is 18.4 Å². The highest BCUT2D eigenvalue weighted by Crippen LogP contribution is 2.18. The maximum absolute atomic E-state index is 13.4. The summed E-state index contributed by atoms with van der Waals surface area (Å²) in [5.41, 5.74) is 6.47. The van der Waals surface area contributed by atoms with Gasteiger partial charge in [0.2, 0.25) is 5.91 Å². The van der Waals surface area contributed by atoms with Crippen LogP contribution in [0.5, 0.6) is 0 Å². The minimum atomic E-state index is -0.771. The fraction of sp³-hybridized carbons (Fsp3) is 0.261. The average Bonchev–Trinajstić information content (AvgIpc) is 2.77. The van der Waals surface area contributed by atoms with E-state index >= 15 is 0 Å². The number of nitrogens with zero attached hydrogens (tertiary/aromatic N) is 2. The molecule has 2 aromatic carbocycles. The minimum absolute atomic E-state index is 0.0863. The summed E-state index contributed by atoms with van der Waals surface area (Å²) < 4.78 is 31.9. The van der Waals surface area contributed by atoms with Gasteiger partial charge in [0.25, 0.3) is 0 Å². The van der Waals surface area contributed by atoms with Crippen molar-refractivity contribution in [1.29, 1.82) is 0 Å². The van der Waals surface area contributed by atoms with Gasteiger partial charge in [-0.15, -0.1) is 0 Å². The van der Waals surface area contributed by atoms with E-state index in [1.807, 2.05) is 0 Å². The summed E-state index contributed by atoms with van der Waals surface area (Å²) in [7, 11) is 1.58. The number of carbonyl (C=O) groups excluding carboxylic acids is 2. The van der Waals surface area contributed by atoms with Crippen molar-refractivity contribution in [1.82, 2.24) is 9.88 Å². The van der Waals surface area contributed by atoms with E-state index in [0.717, 1.165) is 10.9 Å². The van der Waals surface area contributed by atoms with Gasteiger partial charge < -0.3 is 15.4 Å². The molecule has 1 heterocycles. The van der Waals surface area contributed by atoms with Crippen molar-refractivity contribution in [3.05, 3.63) is 71.9 Å².